The van der Waals surface area contributed by atoms with E-state index in [-0.39, 0.29) is 17.0 Å². The lowest BCUT2D eigenvalue weighted by Gasteiger charge is -2.07. The minimum absolute atomic E-state index is 0.257. The van der Waals surface area contributed by atoms with Gasteiger partial charge in [-0.1, -0.05) is 15.9 Å². The van der Waals surface area contributed by atoms with E-state index in [1.54, 1.807) is 6.92 Å². The Hall–Kier alpha value is -0.550. The summed E-state index contributed by atoms with van der Waals surface area (Å²) in [4.78, 5) is 10.8. The molecule has 0 saturated heterocycles. The summed E-state index contributed by atoms with van der Waals surface area (Å²) < 4.78 is 13.7. The predicted molar refractivity (Wildman–Crippen MR) is 64.1 cm³/mol. The predicted octanol–water partition coefficient (Wildman–Crippen LogP) is 2.70. The molecule has 82 valence electrons. The average Bonchev–Trinajstić information content (AvgIpc) is 2.12. The molecule has 1 amide bonds. The van der Waals surface area contributed by atoms with E-state index < -0.39 is 0 Å². The van der Waals surface area contributed by atoms with Gasteiger partial charge in [0, 0.05) is 10.2 Å². The Kier molecular flexibility index (Phi) is 4.60. The highest BCUT2D eigenvalue weighted by Crippen LogP contribution is 2.21. The van der Waals surface area contributed by atoms with E-state index in [9.17, 15) is 9.18 Å². The van der Waals surface area contributed by atoms with Crippen molar-refractivity contribution < 1.29 is 9.18 Å². The Balaban J connectivity index is 2.61. The molecule has 0 bridgehead atoms. The van der Waals surface area contributed by atoms with Crippen LogP contribution in [0.4, 0.5) is 4.39 Å². The number of halogens is 2. The van der Waals surface area contributed by atoms with Crippen molar-refractivity contribution in [1.29, 1.82) is 0 Å². The summed E-state index contributed by atoms with van der Waals surface area (Å²) in [7, 11) is 0. The lowest BCUT2D eigenvalue weighted by atomic mass is 10.2. The van der Waals surface area contributed by atoms with Gasteiger partial charge in [-0.2, -0.15) is 0 Å². The molecule has 0 aliphatic carbocycles. The number of rotatable bonds is 4. The van der Waals surface area contributed by atoms with Crippen LogP contribution in [-0.2, 0) is 10.5 Å². The first-order chi connectivity index (χ1) is 6.99. The molecule has 0 unspecified atom stereocenters. The van der Waals surface area contributed by atoms with E-state index >= 15 is 0 Å². The molecule has 2 N–H and O–H groups in total. The summed E-state index contributed by atoms with van der Waals surface area (Å²) in [5.41, 5.74) is 5.95. The Labute approximate surface area is 101 Å². The van der Waals surface area contributed by atoms with E-state index in [4.69, 9.17) is 5.73 Å². The van der Waals surface area contributed by atoms with E-state index in [0.717, 1.165) is 5.56 Å². The molecule has 5 heteroatoms. The van der Waals surface area contributed by atoms with Crippen LogP contribution in [0.5, 0.6) is 0 Å². The maximum atomic E-state index is 13.0. The summed E-state index contributed by atoms with van der Waals surface area (Å²) >= 11 is 4.60. The molecule has 0 spiro atoms. The molecule has 15 heavy (non-hydrogen) atoms. The molecule has 0 aromatic heterocycles. The number of primary amides is 1. The third-order valence-electron chi connectivity index (χ3n) is 1.82. The fraction of sp³-hybridized carbons (Fsp3) is 0.300. The van der Waals surface area contributed by atoms with Crippen LogP contribution in [0.3, 0.4) is 0 Å². The summed E-state index contributed by atoms with van der Waals surface area (Å²) in [5, 5.41) is -0.257. The van der Waals surface area contributed by atoms with Gasteiger partial charge in [0.15, 0.2) is 0 Å². The van der Waals surface area contributed by atoms with Crippen molar-refractivity contribution in [3.8, 4) is 0 Å². The normalized spacial score (nSPS) is 12.5. The Bertz CT molecular complexity index is 352. The van der Waals surface area contributed by atoms with Crippen molar-refractivity contribution in [2.75, 3.05) is 0 Å². The third kappa shape index (κ3) is 4.22. The van der Waals surface area contributed by atoms with Gasteiger partial charge in [-0.3, -0.25) is 4.79 Å². The topological polar surface area (TPSA) is 43.1 Å². The SMILES string of the molecule is C[C@@H](SCc1cc(F)cc(Br)c1)C(N)=O. The number of hydrogen-bond donors (Lipinski definition) is 1. The molecular formula is C10H11BrFNOS. The van der Waals surface area contributed by atoms with Gasteiger partial charge in [-0.25, -0.2) is 4.39 Å². The van der Waals surface area contributed by atoms with E-state index in [0.29, 0.717) is 10.2 Å². The van der Waals surface area contributed by atoms with Crippen molar-refractivity contribution in [1.82, 2.24) is 0 Å². The molecule has 1 aromatic rings. The molecule has 0 aliphatic heterocycles. The van der Waals surface area contributed by atoms with Gasteiger partial charge >= 0.3 is 0 Å². The molecule has 1 rings (SSSR count). The number of benzene rings is 1. The number of carbonyl (C=O) groups excluding carboxylic acids is 1. The molecule has 1 atom stereocenters. The second-order valence-corrected chi connectivity index (χ2v) is 5.38. The van der Waals surface area contributed by atoms with Crippen LogP contribution < -0.4 is 5.73 Å². The van der Waals surface area contributed by atoms with Gasteiger partial charge in [0.25, 0.3) is 0 Å². The zero-order valence-corrected chi connectivity index (χ0v) is 10.6. The van der Waals surface area contributed by atoms with Crippen LogP contribution in [0.2, 0.25) is 0 Å². The number of thioether (sulfide) groups is 1. The first kappa shape index (κ1) is 12.5. The maximum Gasteiger partial charge on any atom is 0.230 e. The van der Waals surface area contributed by atoms with Crippen LogP contribution in [0.25, 0.3) is 0 Å². The molecular weight excluding hydrogens is 281 g/mol. The summed E-state index contributed by atoms with van der Waals surface area (Å²) in [5.74, 6) is -0.0670. The molecule has 0 heterocycles. The number of carbonyl (C=O) groups is 1. The van der Waals surface area contributed by atoms with E-state index in [1.807, 2.05) is 6.07 Å². The average molecular weight is 292 g/mol. The monoisotopic (exact) mass is 291 g/mol. The lowest BCUT2D eigenvalue weighted by molar-refractivity contribution is -0.117. The molecule has 0 radical (unpaired) electrons. The van der Waals surface area contributed by atoms with Crippen molar-refractivity contribution >= 4 is 33.6 Å². The van der Waals surface area contributed by atoms with Crippen molar-refractivity contribution in [3.05, 3.63) is 34.1 Å². The summed E-state index contributed by atoms with van der Waals surface area (Å²) in [6.07, 6.45) is 0. The van der Waals surface area contributed by atoms with Crippen molar-refractivity contribution in [2.24, 2.45) is 5.73 Å². The Morgan fingerprint density at radius 2 is 2.27 bits per heavy atom. The number of amides is 1. The van der Waals surface area contributed by atoms with Crippen LogP contribution in [0.15, 0.2) is 22.7 Å². The van der Waals surface area contributed by atoms with Crippen LogP contribution in [-0.4, -0.2) is 11.2 Å². The van der Waals surface area contributed by atoms with Gasteiger partial charge in [0.2, 0.25) is 5.91 Å². The highest BCUT2D eigenvalue weighted by Gasteiger charge is 2.09. The first-order valence-electron chi connectivity index (χ1n) is 4.35. The van der Waals surface area contributed by atoms with Crippen LogP contribution in [0.1, 0.15) is 12.5 Å². The maximum absolute atomic E-state index is 13.0. The number of hydrogen-bond acceptors (Lipinski definition) is 2. The second kappa shape index (κ2) is 5.51. The van der Waals surface area contributed by atoms with Gasteiger partial charge in [0.1, 0.15) is 5.82 Å². The molecule has 0 fully saturated rings. The van der Waals surface area contributed by atoms with E-state index in [1.165, 1.54) is 23.9 Å². The van der Waals surface area contributed by atoms with Crippen molar-refractivity contribution in [2.45, 2.75) is 17.9 Å². The van der Waals surface area contributed by atoms with Gasteiger partial charge in [-0.05, 0) is 30.7 Å². The highest BCUT2D eigenvalue weighted by atomic mass is 79.9. The van der Waals surface area contributed by atoms with Crippen LogP contribution in [0, 0.1) is 5.82 Å². The standard InChI is InChI=1S/C10H11BrFNOS/c1-6(10(13)14)15-5-7-2-8(11)4-9(12)3-7/h2-4,6H,5H2,1H3,(H2,13,14)/t6-/m1/s1. The number of nitrogens with two attached hydrogens (primary N) is 1. The zero-order valence-electron chi connectivity index (χ0n) is 8.17. The van der Waals surface area contributed by atoms with E-state index in [2.05, 4.69) is 15.9 Å². The third-order valence-corrected chi connectivity index (χ3v) is 3.51. The fourth-order valence-corrected chi connectivity index (χ4v) is 2.28. The minimum Gasteiger partial charge on any atom is -0.369 e. The Morgan fingerprint density at radius 1 is 1.60 bits per heavy atom. The first-order valence-corrected chi connectivity index (χ1v) is 6.19. The molecule has 0 aliphatic rings. The largest absolute Gasteiger partial charge is 0.369 e. The molecule has 1 aromatic carbocycles. The smallest absolute Gasteiger partial charge is 0.230 e. The molecule has 2 nitrogen and oxygen atoms in total. The lowest BCUT2D eigenvalue weighted by Crippen LogP contribution is -2.22. The fourth-order valence-electron chi connectivity index (χ4n) is 0.998. The van der Waals surface area contributed by atoms with Gasteiger partial charge in [0.05, 0.1) is 5.25 Å². The van der Waals surface area contributed by atoms with Crippen LogP contribution >= 0.6 is 27.7 Å². The highest BCUT2D eigenvalue weighted by molar-refractivity contribution is 9.10. The van der Waals surface area contributed by atoms with Gasteiger partial charge < -0.3 is 5.73 Å². The molecule has 0 saturated carbocycles. The Morgan fingerprint density at radius 3 is 2.80 bits per heavy atom. The second-order valence-electron chi connectivity index (χ2n) is 3.13. The van der Waals surface area contributed by atoms with Crippen molar-refractivity contribution in [3.63, 3.8) is 0 Å². The summed E-state index contributed by atoms with van der Waals surface area (Å²) in [6, 6.07) is 4.67. The minimum atomic E-state index is -0.351. The summed E-state index contributed by atoms with van der Waals surface area (Å²) in [6.45, 7) is 1.74. The van der Waals surface area contributed by atoms with Gasteiger partial charge in [-0.15, -0.1) is 11.8 Å². The quantitative estimate of drug-likeness (QED) is 0.927. The zero-order chi connectivity index (χ0) is 11.4.